The Labute approximate surface area is 186 Å². The molecule has 0 aromatic heterocycles. The molecule has 0 aliphatic carbocycles. The maximum absolute atomic E-state index is 9.36. The summed E-state index contributed by atoms with van der Waals surface area (Å²) in [4.78, 5) is 9.82. The van der Waals surface area contributed by atoms with Crippen molar-refractivity contribution in [2.24, 2.45) is 10.9 Å². The standard InChI is InChI=1S/C21H34N4O2.HI/c1-2-22-21(23-10-3-4-18-5-7-20(26)8-6-18)25-11-9-19(17-25)16-24-12-14-27-15-13-24;/h5-8,19,26H,2-4,9-17H2,1H3,(H,22,23);1H. The van der Waals surface area contributed by atoms with E-state index in [1.165, 1.54) is 18.5 Å². The fourth-order valence-corrected chi connectivity index (χ4v) is 3.88. The molecule has 6 nitrogen and oxygen atoms in total. The van der Waals surface area contributed by atoms with Gasteiger partial charge < -0.3 is 20.1 Å². The van der Waals surface area contributed by atoms with Gasteiger partial charge in [0.25, 0.3) is 0 Å². The number of benzene rings is 1. The lowest BCUT2D eigenvalue weighted by molar-refractivity contribution is 0.0315. The first kappa shape index (κ1) is 23.2. The second-order valence-corrected chi connectivity index (χ2v) is 7.52. The summed E-state index contributed by atoms with van der Waals surface area (Å²) >= 11 is 0. The number of aliphatic imine (C=N–C) groups is 1. The largest absolute Gasteiger partial charge is 0.508 e. The Morgan fingerprint density at radius 1 is 1.21 bits per heavy atom. The molecule has 28 heavy (non-hydrogen) atoms. The van der Waals surface area contributed by atoms with Gasteiger partial charge in [-0.15, -0.1) is 24.0 Å². The summed E-state index contributed by atoms with van der Waals surface area (Å²) in [5, 5.41) is 12.8. The Morgan fingerprint density at radius 2 is 1.96 bits per heavy atom. The molecule has 0 amide bonds. The van der Waals surface area contributed by atoms with E-state index in [2.05, 4.69) is 22.0 Å². The first-order chi connectivity index (χ1) is 13.2. The quantitative estimate of drug-likeness (QED) is 0.260. The van der Waals surface area contributed by atoms with Gasteiger partial charge in [-0.3, -0.25) is 9.89 Å². The fraction of sp³-hybridized carbons (Fsp3) is 0.667. The summed E-state index contributed by atoms with van der Waals surface area (Å²) in [7, 11) is 0. The number of nitrogens with zero attached hydrogens (tertiary/aromatic N) is 3. The maximum Gasteiger partial charge on any atom is 0.193 e. The molecule has 158 valence electrons. The van der Waals surface area contributed by atoms with Crippen molar-refractivity contribution in [3.63, 3.8) is 0 Å². The normalized spacial score (nSPS) is 20.8. The highest BCUT2D eigenvalue weighted by molar-refractivity contribution is 14.0. The Hall–Kier alpha value is -1.06. The van der Waals surface area contributed by atoms with E-state index < -0.39 is 0 Å². The van der Waals surface area contributed by atoms with E-state index in [-0.39, 0.29) is 24.0 Å². The molecule has 0 radical (unpaired) electrons. The lowest BCUT2D eigenvalue weighted by Crippen LogP contribution is -2.42. The molecule has 1 aromatic carbocycles. The predicted octanol–water partition coefficient (Wildman–Crippen LogP) is 2.56. The number of morpholine rings is 1. The number of rotatable bonds is 7. The van der Waals surface area contributed by atoms with Gasteiger partial charge in [0.2, 0.25) is 0 Å². The minimum absolute atomic E-state index is 0. The molecular weight excluding hydrogens is 467 g/mol. The number of nitrogens with one attached hydrogen (secondary N) is 1. The van der Waals surface area contributed by atoms with Crippen molar-refractivity contribution >= 4 is 29.9 Å². The van der Waals surface area contributed by atoms with E-state index in [4.69, 9.17) is 9.73 Å². The van der Waals surface area contributed by atoms with Gasteiger partial charge in [-0.05, 0) is 49.8 Å². The first-order valence-electron chi connectivity index (χ1n) is 10.4. The molecule has 2 aliphatic heterocycles. The van der Waals surface area contributed by atoms with Crippen molar-refractivity contribution in [1.29, 1.82) is 0 Å². The number of guanidine groups is 1. The van der Waals surface area contributed by atoms with Crippen LogP contribution in [-0.2, 0) is 11.2 Å². The smallest absolute Gasteiger partial charge is 0.193 e. The second-order valence-electron chi connectivity index (χ2n) is 7.52. The van der Waals surface area contributed by atoms with E-state index in [9.17, 15) is 5.11 Å². The van der Waals surface area contributed by atoms with Crippen LogP contribution in [-0.4, -0.2) is 79.9 Å². The lowest BCUT2D eigenvalue weighted by atomic mass is 10.1. The summed E-state index contributed by atoms with van der Waals surface area (Å²) in [5.41, 5.74) is 1.25. The third kappa shape index (κ3) is 7.40. The predicted molar refractivity (Wildman–Crippen MR) is 125 cm³/mol. The molecule has 0 spiro atoms. The maximum atomic E-state index is 9.36. The molecule has 2 saturated heterocycles. The Morgan fingerprint density at radius 3 is 2.68 bits per heavy atom. The monoisotopic (exact) mass is 502 g/mol. The van der Waals surface area contributed by atoms with Gasteiger partial charge in [0, 0.05) is 45.8 Å². The van der Waals surface area contributed by atoms with Gasteiger partial charge in [0.1, 0.15) is 5.75 Å². The zero-order valence-electron chi connectivity index (χ0n) is 17.0. The molecule has 2 N–H and O–H groups in total. The minimum Gasteiger partial charge on any atom is -0.508 e. The van der Waals surface area contributed by atoms with Crippen LogP contribution in [0.1, 0.15) is 25.3 Å². The van der Waals surface area contributed by atoms with E-state index in [1.807, 2.05) is 12.1 Å². The van der Waals surface area contributed by atoms with Crippen molar-refractivity contribution in [1.82, 2.24) is 15.1 Å². The number of halogens is 1. The van der Waals surface area contributed by atoms with Crippen molar-refractivity contribution in [2.75, 3.05) is 59.0 Å². The second kappa shape index (κ2) is 12.5. The van der Waals surface area contributed by atoms with Gasteiger partial charge in [0.05, 0.1) is 13.2 Å². The zero-order chi connectivity index (χ0) is 18.9. The van der Waals surface area contributed by atoms with Gasteiger partial charge in [-0.2, -0.15) is 0 Å². The van der Waals surface area contributed by atoms with Crippen LogP contribution in [0.4, 0.5) is 0 Å². The van der Waals surface area contributed by atoms with E-state index in [0.29, 0.717) is 5.75 Å². The third-order valence-corrected chi connectivity index (χ3v) is 5.36. The molecule has 0 bridgehead atoms. The molecule has 7 heteroatoms. The number of hydrogen-bond donors (Lipinski definition) is 2. The van der Waals surface area contributed by atoms with Gasteiger partial charge in [-0.1, -0.05) is 12.1 Å². The molecule has 1 unspecified atom stereocenters. The van der Waals surface area contributed by atoms with Crippen LogP contribution in [0.5, 0.6) is 5.75 Å². The van der Waals surface area contributed by atoms with Gasteiger partial charge in [0.15, 0.2) is 5.96 Å². The van der Waals surface area contributed by atoms with Crippen LogP contribution in [0.3, 0.4) is 0 Å². The SMILES string of the molecule is CCNC(=NCCCc1ccc(O)cc1)N1CCC(CN2CCOCC2)C1.I. The third-order valence-electron chi connectivity index (χ3n) is 5.36. The Bertz CT molecular complexity index is 591. The number of aryl methyl sites for hydroxylation is 1. The first-order valence-corrected chi connectivity index (χ1v) is 10.4. The van der Waals surface area contributed by atoms with Crippen molar-refractivity contribution in [3.05, 3.63) is 29.8 Å². The Kier molecular flexibility index (Phi) is 10.4. The summed E-state index contributed by atoms with van der Waals surface area (Å²) in [6.45, 7) is 11.1. The molecule has 2 aliphatic rings. The van der Waals surface area contributed by atoms with Crippen LogP contribution in [0.2, 0.25) is 0 Å². The average Bonchev–Trinajstić information content (AvgIpc) is 3.15. The summed E-state index contributed by atoms with van der Waals surface area (Å²) in [6, 6.07) is 7.48. The number of ether oxygens (including phenoxy) is 1. The summed E-state index contributed by atoms with van der Waals surface area (Å²) in [6.07, 6.45) is 3.25. The van der Waals surface area contributed by atoms with Gasteiger partial charge >= 0.3 is 0 Å². The highest BCUT2D eigenvalue weighted by atomic mass is 127. The van der Waals surface area contributed by atoms with Crippen LogP contribution in [0, 0.1) is 5.92 Å². The van der Waals surface area contributed by atoms with Crippen LogP contribution >= 0.6 is 24.0 Å². The highest BCUT2D eigenvalue weighted by Gasteiger charge is 2.26. The Balaban J connectivity index is 0.00000280. The zero-order valence-corrected chi connectivity index (χ0v) is 19.3. The van der Waals surface area contributed by atoms with E-state index in [0.717, 1.165) is 77.2 Å². The average molecular weight is 502 g/mol. The minimum atomic E-state index is 0. The number of phenols is 1. The molecule has 1 aromatic rings. The van der Waals surface area contributed by atoms with Crippen molar-refractivity contribution in [3.8, 4) is 5.75 Å². The number of phenolic OH excluding ortho intramolecular Hbond substituents is 1. The number of aromatic hydroxyl groups is 1. The lowest BCUT2D eigenvalue weighted by Gasteiger charge is -2.29. The topological polar surface area (TPSA) is 60.3 Å². The molecule has 2 fully saturated rings. The van der Waals surface area contributed by atoms with Crippen molar-refractivity contribution in [2.45, 2.75) is 26.2 Å². The highest BCUT2D eigenvalue weighted by Crippen LogP contribution is 2.18. The summed E-state index contributed by atoms with van der Waals surface area (Å²) in [5.74, 6) is 2.11. The molecular formula is C21H35IN4O2. The molecule has 3 rings (SSSR count). The molecule has 1 atom stereocenters. The molecule has 2 heterocycles. The summed E-state index contributed by atoms with van der Waals surface area (Å²) < 4.78 is 5.45. The van der Waals surface area contributed by atoms with E-state index >= 15 is 0 Å². The van der Waals surface area contributed by atoms with Gasteiger partial charge in [-0.25, -0.2) is 0 Å². The van der Waals surface area contributed by atoms with Crippen LogP contribution in [0.25, 0.3) is 0 Å². The number of likely N-dealkylation sites (tertiary alicyclic amines) is 1. The molecule has 0 saturated carbocycles. The fourth-order valence-electron chi connectivity index (χ4n) is 3.88. The number of hydrogen-bond acceptors (Lipinski definition) is 4. The van der Waals surface area contributed by atoms with E-state index in [1.54, 1.807) is 12.1 Å². The van der Waals surface area contributed by atoms with Crippen LogP contribution < -0.4 is 5.32 Å². The van der Waals surface area contributed by atoms with Crippen LogP contribution in [0.15, 0.2) is 29.3 Å². The van der Waals surface area contributed by atoms with Crippen molar-refractivity contribution < 1.29 is 9.84 Å².